The van der Waals surface area contributed by atoms with Crippen LogP contribution in [0.25, 0.3) is 27.8 Å². The number of carbonyl (C=O) groups is 1. The summed E-state index contributed by atoms with van der Waals surface area (Å²) in [5.74, 6) is -1.13. The van der Waals surface area contributed by atoms with E-state index in [0.29, 0.717) is 51.5 Å². The molecule has 23 heteroatoms. The van der Waals surface area contributed by atoms with Crippen molar-refractivity contribution in [2.45, 2.75) is 82.1 Å². The second kappa shape index (κ2) is 23.7. The number of nitrogens with zero attached hydrogens (tertiary/aromatic N) is 11. The van der Waals surface area contributed by atoms with Gasteiger partial charge in [-0.05, 0) is 113 Å². The molecule has 1 saturated heterocycles. The van der Waals surface area contributed by atoms with E-state index in [1.165, 1.54) is 50.8 Å². The highest BCUT2D eigenvalue weighted by Gasteiger charge is 2.39. The highest BCUT2D eigenvalue weighted by atomic mass is 33.1. The van der Waals surface area contributed by atoms with Crippen molar-refractivity contribution in [2.24, 2.45) is 7.05 Å². The first-order chi connectivity index (χ1) is 37.2. The van der Waals surface area contributed by atoms with E-state index >= 15 is 4.39 Å². The number of likely N-dealkylation sites (N-methyl/N-ethyl adjacent to an activating group) is 1. The fraction of sp³-hybridized carbons (Fsp3) is 0.436. The topological polar surface area (TPSA) is 208 Å². The Morgan fingerprint density at radius 3 is 2.32 bits per heavy atom. The molecule has 1 amide bonds. The third-order valence-corrected chi connectivity index (χ3v) is 18.1. The van der Waals surface area contributed by atoms with E-state index in [9.17, 15) is 29.0 Å². The van der Waals surface area contributed by atoms with E-state index in [0.717, 1.165) is 51.3 Å². The van der Waals surface area contributed by atoms with Crippen molar-refractivity contribution in [3.63, 3.8) is 0 Å². The van der Waals surface area contributed by atoms with Crippen molar-refractivity contribution in [2.75, 3.05) is 71.8 Å². The predicted molar refractivity (Wildman–Crippen MR) is 300 cm³/mol. The Bertz CT molecular complexity index is 3380. The van der Waals surface area contributed by atoms with Crippen LogP contribution in [-0.4, -0.2) is 152 Å². The van der Waals surface area contributed by atoms with Gasteiger partial charge in [-0.15, -0.1) is 0 Å². The normalized spacial score (nSPS) is 16.5. The van der Waals surface area contributed by atoms with Gasteiger partial charge in [0.05, 0.1) is 34.3 Å². The number of amides is 1. The van der Waals surface area contributed by atoms with Crippen LogP contribution in [0.5, 0.6) is 11.5 Å². The molecule has 78 heavy (non-hydrogen) atoms. The maximum atomic E-state index is 15.4. The Hall–Kier alpha value is -6.79. The number of aromatic hydroxyl groups is 2. The summed E-state index contributed by atoms with van der Waals surface area (Å²) in [6, 6.07) is 18.6. The molecule has 0 aliphatic carbocycles. The molecular formula is C55H67F2N13O6S2. The third-order valence-electron chi connectivity index (χ3n) is 14.3. The first-order valence-electron chi connectivity index (χ1n) is 26.0. The van der Waals surface area contributed by atoms with E-state index in [1.807, 2.05) is 64.0 Å². The number of hydrogen-bond acceptors (Lipinski definition) is 16. The minimum absolute atomic E-state index is 0.0105. The standard InChI is InChI=1S/C55H67F2N13O6S2/c1-33(2)40-27-41(45(72)28-44(40)71)50-61-62-53(74)70(50)39-15-9-35(10-16-39)29-67-22-20-66(21-23-67)18-17-55(4,5)78-77-34(3)30-76-54(75)68(24-19-64(6)7)32-69-52(73)42-25-38(57)26-43-46(42)49(63-69)47(51-58-31-59-65(51)8)48(60-43)36-11-13-37(56)14-12-36/h9-16,25-28,31,33-34,47-48,60,71-72H,17-24,29-30,32H2,1-8H3,(H,62,74)/t34-,47-,48-/m1/s1. The number of anilines is 1. The number of aromatic amines is 1. The number of nitrogens with one attached hydrogen (secondary N) is 2. The number of halogens is 2. The fourth-order valence-corrected chi connectivity index (χ4v) is 12.3. The molecule has 3 atom stereocenters. The number of H-pyrrole nitrogens is 1. The van der Waals surface area contributed by atoms with Crippen LogP contribution < -0.4 is 16.6 Å². The second-order valence-electron chi connectivity index (χ2n) is 21.3. The maximum absolute atomic E-state index is 15.4. The Balaban J connectivity index is 0.781. The number of piperazine rings is 1. The average Bonchev–Trinajstić information content (AvgIpc) is 4.03. The smallest absolute Gasteiger partial charge is 0.411 e. The molecular weight excluding hydrogens is 1040 g/mol. The summed E-state index contributed by atoms with van der Waals surface area (Å²) in [7, 11) is 8.95. The zero-order valence-electron chi connectivity index (χ0n) is 45.1. The number of ether oxygens (including phenoxy) is 1. The molecule has 19 nitrogen and oxygen atoms in total. The molecule has 4 N–H and O–H groups in total. The Morgan fingerprint density at radius 1 is 0.923 bits per heavy atom. The van der Waals surface area contributed by atoms with E-state index < -0.39 is 40.9 Å². The second-order valence-corrected chi connectivity index (χ2v) is 24.6. The van der Waals surface area contributed by atoms with Crippen molar-refractivity contribution in [1.29, 1.82) is 0 Å². The number of benzene rings is 4. The van der Waals surface area contributed by atoms with Crippen LogP contribution >= 0.6 is 21.6 Å². The van der Waals surface area contributed by atoms with Crippen molar-refractivity contribution in [3.05, 3.63) is 140 Å². The summed E-state index contributed by atoms with van der Waals surface area (Å²) in [4.78, 5) is 54.1. The number of rotatable bonds is 20. The van der Waals surface area contributed by atoms with Gasteiger partial charge in [-0.1, -0.05) is 59.7 Å². The van der Waals surface area contributed by atoms with Crippen LogP contribution in [0, 0.1) is 11.6 Å². The lowest BCUT2D eigenvalue weighted by Gasteiger charge is -2.36. The van der Waals surface area contributed by atoms with E-state index in [4.69, 9.17) is 9.84 Å². The van der Waals surface area contributed by atoms with Gasteiger partial charge in [0.2, 0.25) is 0 Å². The maximum Gasteiger partial charge on any atom is 0.411 e. The predicted octanol–water partition coefficient (Wildman–Crippen LogP) is 7.89. The van der Waals surface area contributed by atoms with Crippen LogP contribution in [0.3, 0.4) is 0 Å². The molecule has 4 aromatic carbocycles. The van der Waals surface area contributed by atoms with Gasteiger partial charge in [0.1, 0.15) is 48.6 Å². The number of hydrogen-bond donors (Lipinski definition) is 4. The number of aromatic nitrogens is 8. The van der Waals surface area contributed by atoms with Crippen molar-refractivity contribution in [1.82, 2.24) is 58.9 Å². The molecule has 0 radical (unpaired) electrons. The summed E-state index contributed by atoms with van der Waals surface area (Å²) in [5, 5.41) is 40.9. The van der Waals surface area contributed by atoms with Gasteiger partial charge in [-0.3, -0.25) is 19.3 Å². The van der Waals surface area contributed by atoms with Gasteiger partial charge in [0.15, 0.2) is 5.82 Å². The van der Waals surface area contributed by atoms with Crippen molar-refractivity contribution in [3.8, 4) is 28.6 Å². The number of phenolic OH excluding ortho intramolecular Hbond substituents is 2. The highest BCUT2D eigenvalue weighted by Crippen LogP contribution is 2.46. The quantitative estimate of drug-likeness (QED) is 0.0535. The van der Waals surface area contributed by atoms with Crippen LogP contribution in [0.15, 0.2) is 88.7 Å². The molecule has 3 aromatic heterocycles. The summed E-state index contributed by atoms with van der Waals surface area (Å²) in [5.41, 5.74) is 3.15. The molecule has 5 heterocycles. The van der Waals surface area contributed by atoms with E-state index in [1.54, 1.807) is 51.5 Å². The van der Waals surface area contributed by atoms with E-state index in [2.05, 4.69) is 49.2 Å². The Morgan fingerprint density at radius 2 is 1.64 bits per heavy atom. The zero-order valence-corrected chi connectivity index (χ0v) is 46.7. The minimum atomic E-state index is -0.651. The number of aryl methyl sites for hydroxylation is 1. The van der Waals surface area contributed by atoms with Crippen molar-refractivity contribution < 1.29 is 28.5 Å². The summed E-state index contributed by atoms with van der Waals surface area (Å²) in [6.45, 7) is 16.3. The molecule has 0 saturated carbocycles. The van der Waals surface area contributed by atoms with E-state index in [-0.39, 0.29) is 58.4 Å². The molecule has 0 bridgehead atoms. The zero-order chi connectivity index (χ0) is 55.6. The molecule has 9 rings (SSSR count). The Labute approximate surface area is 459 Å². The van der Waals surface area contributed by atoms with Crippen LogP contribution in [0.4, 0.5) is 19.3 Å². The monoisotopic (exact) mass is 1110 g/mol. The number of phenols is 2. The molecule has 0 unspecified atom stereocenters. The van der Waals surface area contributed by atoms with Gasteiger partial charge in [0.25, 0.3) is 5.56 Å². The van der Waals surface area contributed by atoms with Gasteiger partial charge in [0, 0.05) is 80.0 Å². The molecule has 1 fully saturated rings. The average molecular weight is 1110 g/mol. The molecule has 2 aliphatic heterocycles. The molecule has 414 valence electrons. The lowest BCUT2D eigenvalue weighted by Crippen LogP contribution is -2.46. The third kappa shape index (κ3) is 12.5. The largest absolute Gasteiger partial charge is 0.508 e. The van der Waals surface area contributed by atoms with Gasteiger partial charge in [-0.25, -0.2) is 37.7 Å². The number of carbonyl (C=O) groups excluding carboxylic acids is 1. The summed E-state index contributed by atoms with van der Waals surface area (Å²) >= 11 is 0. The molecule has 2 aliphatic rings. The fourth-order valence-electron chi connectivity index (χ4n) is 9.88. The van der Waals surface area contributed by atoms with Crippen LogP contribution in [0.2, 0.25) is 0 Å². The summed E-state index contributed by atoms with van der Waals surface area (Å²) < 4.78 is 39.7. The van der Waals surface area contributed by atoms with Crippen molar-refractivity contribution >= 4 is 44.1 Å². The highest BCUT2D eigenvalue weighted by molar-refractivity contribution is 8.77. The minimum Gasteiger partial charge on any atom is -0.508 e. The summed E-state index contributed by atoms with van der Waals surface area (Å²) in [6.07, 6.45) is 1.75. The first kappa shape index (κ1) is 55.9. The SMILES string of the molecule is CC(C)c1cc(-c2n[nH]c(=O)n2-c2ccc(CN3CCN(CCC(C)(C)SS[C@H](C)COC(=O)N(CCN(C)C)Cn4nc5c6c(cc(F)cc6c4=O)N[C@H](c4ccc(F)cc4)[C@H]5c4ncnn4C)CC3)cc2)c(O)cc1O. The van der Waals surface area contributed by atoms with Gasteiger partial charge < -0.3 is 30.1 Å². The van der Waals surface area contributed by atoms with Gasteiger partial charge in [-0.2, -0.15) is 15.3 Å². The first-order valence-corrected chi connectivity index (χ1v) is 28.2. The lowest BCUT2D eigenvalue weighted by molar-refractivity contribution is 0.0862. The lowest BCUT2D eigenvalue weighted by atomic mass is 9.83. The van der Waals surface area contributed by atoms with Gasteiger partial charge >= 0.3 is 11.8 Å². The molecule has 0 spiro atoms. The van der Waals surface area contributed by atoms with Crippen LogP contribution in [-0.2, 0) is 25.0 Å². The molecule has 7 aromatic rings. The Kier molecular flexibility index (Phi) is 17.0. The van der Waals surface area contributed by atoms with Crippen LogP contribution in [0.1, 0.15) is 87.1 Å².